The molecule has 0 fully saturated rings. The van der Waals surface area contributed by atoms with Gasteiger partial charge in [0.05, 0.1) is 0 Å². The lowest BCUT2D eigenvalue weighted by molar-refractivity contribution is 0.100. The second-order valence-electron chi connectivity index (χ2n) is 7.94. The minimum Gasteiger partial charge on any atom is -0.295 e. The standard InChI is InChI=1S/C23H28O2/c1-16(24)19-12-10-18(11-13-19)14-21(23(3,4)5)15-20-8-6-7-9-22(20)17(2)25/h6-13,21H,14-15H2,1-5H3. The van der Waals surface area contributed by atoms with Crippen LogP contribution in [0.15, 0.2) is 48.5 Å². The molecule has 1 atom stereocenters. The third-order valence-corrected chi connectivity index (χ3v) is 4.93. The highest BCUT2D eigenvalue weighted by atomic mass is 16.1. The summed E-state index contributed by atoms with van der Waals surface area (Å²) < 4.78 is 0. The lowest BCUT2D eigenvalue weighted by Crippen LogP contribution is -2.25. The molecule has 2 aromatic rings. The Labute approximate surface area is 151 Å². The van der Waals surface area contributed by atoms with Crippen LogP contribution in [0, 0.1) is 11.3 Å². The average molecular weight is 336 g/mol. The van der Waals surface area contributed by atoms with Crippen molar-refractivity contribution in [2.75, 3.05) is 0 Å². The van der Waals surface area contributed by atoms with Crippen molar-refractivity contribution in [1.29, 1.82) is 0 Å². The van der Waals surface area contributed by atoms with Crippen LogP contribution in [0.3, 0.4) is 0 Å². The molecule has 0 N–H and O–H groups in total. The molecule has 0 aliphatic carbocycles. The van der Waals surface area contributed by atoms with Crippen LogP contribution >= 0.6 is 0 Å². The molecule has 0 saturated carbocycles. The molecule has 0 spiro atoms. The molecule has 0 heterocycles. The second kappa shape index (κ2) is 7.77. The Bertz CT molecular complexity index is 748. The Balaban J connectivity index is 2.26. The quantitative estimate of drug-likeness (QED) is 0.649. The summed E-state index contributed by atoms with van der Waals surface area (Å²) in [5, 5.41) is 0. The van der Waals surface area contributed by atoms with Gasteiger partial charge in [-0.25, -0.2) is 0 Å². The van der Waals surface area contributed by atoms with E-state index in [0.29, 0.717) is 5.92 Å². The highest BCUT2D eigenvalue weighted by molar-refractivity contribution is 5.95. The van der Waals surface area contributed by atoms with Gasteiger partial charge < -0.3 is 0 Å². The van der Waals surface area contributed by atoms with Crippen LogP contribution in [-0.4, -0.2) is 11.6 Å². The van der Waals surface area contributed by atoms with E-state index >= 15 is 0 Å². The molecule has 2 rings (SSSR count). The van der Waals surface area contributed by atoms with Gasteiger partial charge in [-0.1, -0.05) is 69.3 Å². The van der Waals surface area contributed by atoms with Crippen molar-refractivity contribution in [2.45, 2.75) is 47.5 Å². The summed E-state index contributed by atoms with van der Waals surface area (Å²) in [6, 6.07) is 15.8. The fourth-order valence-electron chi connectivity index (χ4n) is 3.15. The molecular weight excluding hydrogens is 308 g/mol. The predicted molar refractivity (Wildman–Crippen MR) is 103 cm³/mol. The number of hydrogen-bond acceptors (Lipinski definition) is 2. The fourth-order valence-corrected chi connectivity index (χ4v) is 3.15. The van der Waals surface area contributed by atoms with Gasteiger partial charge >= 0.3 is 0 Å². The van der Waals surface area contributed by atoms with Crippen molar-refractivity contribution < 1.29 is 9.59 Å². The minimum absolute atomic E-state index is 0.0920. The maximum Gasteiger partial charge on any atom is 0.160 e. The van der Waals surface area contributed by atoms with Crippen molar-refractivity contribution in [3.8, 4) is 0 Å². The Kier molecular flexibility index (Phi) is 5.94. The van der Waals surface area contributed by atoms with Gasteiger partial charge in [0, 0.05) is 11.1 Å². The smallest absolute Gasteiger partial charge is 0.160 e. The first kappa shape index (κ1) is 19.1. The van der Waals surface area contributed by atoms with E-state index in [-0.39, 0.29) is 17.0 Å². The van der Waals surface area contributed by atoms with Gasteiger partial charge in [-0.15, -0.1) is 0 Å². The maximum atomic E-state index is 11.9. The van der Waals surface area contributed by atoms with E-state index in [9.17, 15) is 9.59 Å². The number of hydrogen-bond donors (Lipinski definition) is 0. The summed E-state index contributed by atoms with van der Waals surface area (Å²) in [5.74, 6) is 0.611. The highest BCUT2D eigenvalue weighted by Gasteiger charge is 2.26. The van der Waals surface area contributed by atoms with Gasteiger partial charge in [-0.2, -0.15) is 0 Å². The van der Waals surface area contributed by atoms with E-state index in [4.69, 9.17) is 0 Å². The zero-order valence-corrected chi connectivity index (χ0v) is 15.9. The number of ketones is 2. The molecular formula is C23H28O2. The predicted octanol–water partition coefficient (Wildman–Crippen LogP) is 5.54. The first-order chi connectivity index (χ1) is 11.7. The number of rotatable bonds is 6. The zero-order chi connectivity index (χ0) is 18.6. The lowest BCUT2D eigenvalue weighted by Gasteiger charge is -2.31. The van der Waals surface area contributed by atoms with E-state index < -0.39 is 0 Å². The summed E-state index contributed by atoms with van der Waals surface area (Å²) >= 11 is 0. The average Bonchev–Trinajstić information content (AvgIpc) is 2.54. The minimum atomic E-state index is 0.0920. The zero-order valence-electron chi connectivity index (χ0n) is 15.9. The topological polar surface area (TPSA) is 34.1 Å². The van der Waals surface area contributed by atoms with E-state index in [1.807, 2.05) is 42.5 Å². The van der Waals surface area contributed by atoms with Crippen molar-refractivity contribution >= 4 is 11.6 Å². The van der Waals surface area contributed by atoms with Crippen molar-refractivity contribution in [3.63, 3.8) is 0 Å². The molecule has 0 bridgehead atoms. The summed E-state index contributed by atoms with van der Waals surface area (Å²) in [6.45, 7) is 9.96. The van der Waals surface area contributed by atoms with Crippen molar-refractivity contribution in [3.05, 3.63) is 70.8 Å². The Hall–Kier alpha value is -2.22. The summed E-state index contributed by atoms with van der Waals surface area (Å²) in [4.78, 5) is 23.4. The third kappa shape index (κ3) is 5.12. The van der Waals surface area contributed by atoms with Crippen LogP contribution in [-0.2, 0) is 12.8 Å². The molecule has 0 aliphatic rings. The third-order valence-electron chi connectivity index (χ3n) is 4.93. The lowest BCUT2D eigenvalue weighted by atomic mass is 9.73. The monoisotopic (exact) mass is 336 g/mol. The van der Waals surface area contributed by atoms with Gasteiger partial charge in [-0.3, -0.25) is 9.59 Å². The molecule has 0 aliphatic heterocycles. The molecule has 132 valence electrons. The number of Topliss-reactive ketones (excluding diaryl/α,β-unsaturated/α-hetero) is 2. The van der Waals surface area contributed by atoms with Gasteiger partial charge in [0.1, 0.15) is 0 Å². The first-order valence-corrected chi connectivity index (χ1v) is 8.87. The van der Waals surface area contributed by atoms with Gasteiger partial charge in [-0.05, 0) is 49.1 Å². The highest BCUT2D eigenvalue weighted by Crippen LogP contribution is 2.33. The van der Waals surface area contributed by atoms with Crippen LogP contribution in [0.5, 0.6) is 0 Å². The SMILES string of the molecule is CC(=O)c1ccc(CC(Cc2ccccc2C(C)=O)C(C)(C)C)cc1. The maximum absolute atomic E-state index is 11.9. The molecule has 2 nitrogen and oxygen atoms in total. The Morgan fingerprint density at radius 1 is 0.840 bits per heavy atom. The molecule has 2 heteroatoms. The molecule has 0 saturated heterocycles. The van der Waals surface area contributed by atoms with Crippen molar-refractivity contribution in [1.82, 2.24) is 0 Å². The van der Waals surface area contributed by atoms with E-state index in [2.05, 4.69) is 26.8 Å². The number of carbonyl (C=O) groups is 2. The first-order valence-electron chi connectivity index (χ1n) is 8.87. The molecule has 0 radical (unpaired) electrons. The molecule has 25 heavy (non-hydrogen) atoms. The Morgan fingerprint density at radius 2 is 1.44 bits per heavy atom. The second-order valence-corrected chi connectivity index (χ2v) is 7.94. The van der Waals surface area contributed by atoms with Crippen LogP contribution in [0.1, 0.15) is 66.5 Å². The molecule has 0 amide bonds. The largest absolute Gasteiger partial charge is 0.295 e. The summed E-state index contributed by atoms with van der Waals surface area (Å²) in [7, 11) is 0. The Morgan fingerprint density at radius 3 is 1.96 bits per heavy atom. The van der Waals surface area contributed by atoms with Gasteiger partial charge in [0.2, 0.25) is 0 Å². The molecule has 2 aromatic carbocycles. The van der Waals surface area contributed by atoms with E-state index in [0.717, 1.165) is 29.5 Å². The van der Waals surface area contributed by atoms with Gasteiger partial charge in [0.15, 0.2) is 11.6 Å². The van der Waals surface area contributed by atoms with Crippen LogP contribution in [0.4, 0.5) is 0 Å². The normalized spacial score (nSPS) is 12.7. The van der Waals surface area contributed by atoms with Crippen molar-refractivity contribution in [2.24, 2.45) is 11.3 Å². The summed E-state index contributed by atoms with van der Waals surface area (Å²) in [5.41, 5.74) is 4.03. The van der Waals surface area contributed by atoms with Gasteiger partial charge in [0.25, 0.3) is 0 Å². The fraction of sp³-hybridized carbons (Fsp3) is 0.391. The molecule has 0 aromatic heterocycles. The molecule has 1 unspecified atom stereocenters. The van der Waals surface area contributed by atoms with Crippen LogP contribution in [0.25, 0.3) is 0 Å². The number of carbonyl (C=O) groups excluding carboxylic acids is 2. The van der Waals surface area contributed by atoms with Crippen LogP contribution < -0.4 is 0 Å². The summed E-state index contributed by atoms with van der Waals surface area (Å²) in [6.07, 6.45) is 1.79. The number of benzene rings is 2. The van der Waals surface area contributed by atoms with E-state index in [1.165, 1.54) is 5.56 Å². The van der Waals surface area contributed by atoms with E-state index in [1.54, 1.807) is 13.8 Å². The van der Waals surface area contributed by atoms with Crippen LogP contribution in [0.2, 0.25) is 0 Å².